The zero-order valence-corrected chi connectivity index (χ0v) is 10.6. The van der Waals surface area contributed by atoms with Crippen molar-refractivity contribution in [2.75, 3.05) is 5.75 Å². The second kappa shape index (κ2) is 5.18. The first-order chi connectivity index (χ1) is 6.62. The third-order valence-corrected chi connectivity index (χ3v) is 4.30. The minimum Gasteiger partial charge on any atom is -0.480 e. The smallest absolute Gasteiger partial charge is 0.321 e. The maximum absolute atomic E-state index is 10.7. The van der Waals surface area contributed by atoms with Crippen LogP contribution < -0.4 is 5.73 Å². The Bertz CT molecular complexity index is 229. The minimum atomic E-state index is -1.01. The summed E-state index contributed by atoms with van der Waals surface area (Å²) in [6.07, 6.45) is 0.637. The molecule has 4 N–H and O–H groups in total. The van der Waals surface area contributed by atoms with Crippen molar-refractivity contribution in [3.63, 3.8) is 0 Å². The molecule has 0 aliphatic carbocycles. The average Bonchev–Trinajstić information content (AvgIpc) is 2.14. The van der Waals surface area contributed by atoms with E-state index >= 15 is 0 Å². The fraction of sp³-hybridized carbons (Fsp3) is 0.900. The van der Waals surface area contributed by atoms with E-state index in [9.17, 15) is 9.90 Å². The second-order valence-corrected chi connectivity index (χ2v) is 6.19. The van der Waals surface area contributed by atoms with E-state index in [-0.39, 0.29) is 0 Å². The van der Waals surface area contributed by atoms with Crippen molar-refractivity contribution in [3.8, 4) is 0 Å². The van der Waals surface area contributed by atoms with Gasteiger partial charge in [0.05, 0.1) is 5.60 Å². The van der Waals surface area contributed by atoms with Gasteiger partial charge in [0.2, 0.25) is 0 Å². The number of aliphatic carboxylic acids is 1. The highest BCUT2D eigenvalue weighted by atomic mass is 32.2. The van der Waals surface area contributed by atoms with Crippen LogP contribution in [0.2, 0.25) is 0 Å². The summed E-state index contributed by atoms with van der Waals surface area (Å²) < 4.78 is -0.578. The predicted octanol–water partition coefficient (Wildman–Crippen LogP) is 1.07. The Kier molecular flexibility index (Phi) is 5.09. The van der Waals surface area contributed by atoms with Gasteiger partial charge in [-0.15, -0.1) is 0 Å². The molecule has 0 aromatic heterocycles. The third-order valence-electron chi connectivity index (χ3n) is 2.53. The van der Waals surface area contributed by atoms with Crippen LogP contribution in [-0.4, -0.2) is 38.3 Å². The Morgan fingerprint density at radius 1 is 1.47 bits per heavy atom. The van der Waals surface area contributed by atoms with E-state index in [2.05, 4.69) is 0 Å². The van der Waals surface area contributed by atoms with Gasteiger partial charge in [-0.25, -0.2) is 0 Å². The molecule has 15 heavy (non-hydrogen) atoms. The van der Waals surface area contributed by atoms with Gasteiger partial charge >= 0.3 is 5.97 Å². The van der Waals surface area contributed by atoms with Crippen LogP contribution in [0.5, 0.6) is 0 Å². The second-order valence-electron chi connectivity index (χ2n) is 4.56. The first kappa shape index (κ1) is 14.7. The summed E-state index contributed by atoms with van der Waals surface area (Å²) in [4.78, 5) is 10.7. The highest BCUT2D eigenvalue weighted by Gasteiger charge is 2.34. The van der Waals surface area contributed by atoms with Gasteiger partial charge in [0, 0.05) is 10.5 Å². The predicted molar refractivity (Wildman–Crippen MR) is 63.1 cm³/mol. The first-order valence-electron chi connectivity index (χ1n) is 4.97. The molecule has 0 saturated carbocycles. The van der Waals surface area contributed by atoms with Gasteiger partial charge in [-0.3, -0.25) is 4.79 Å². The molecular weight excluding hydrogens is 214 g/mol. The molecule has 0 rings (SSSR count). The van der Waals surface area contributed by atoms with E-state index in [0.717, 1.165) is 0 Å². The number of carboxylic acids is 1. The lowest BCUT2D eigenvalue weighted by molar-refractivity contribution is -0.139. The Hall–Kier alpha value is -0.260. The Morgan fingerprint density at radius 2 is 1.93 bits per heavy atom. The lowest BCUT2D eigenvalue weighted by atomic mass is 10.0. The molecule has 0 bridgehead atoms. The Labute approximate surface area is 95.2 Å². The van der Waals surface area contributed by atoms with E-state index in [1.165, 1.54) is 11.8 Å². The van der Waals surface area contributed by atoms with E-state index in [0.29, 0.717) is 12.2 Å². The zero-order valence-electron chi connectivity index (χ0n) is 9.78. The van der Waals surface area contributed by atoms with Gasteiger partial charge in [0.25, 0.3) is 0 Å². The largest absolute Gasteiger partial charge is 0.480 e. The standard InChI is InChI=1S/C10H21NO3S/c1-5-10(4,14)6-15-9(2,3)7(11)8(12)13/h7,14H,5-6,11H2,1-4H3,(H,12,13)/t7-,10?/m0/s1. The summed E-state index contributed by atoms with van der Waals surface area (Å²) in [6, 6.07) is -0.921. The van der Waals surface area contributed by atoms with Crippen LogP contribution in [-0.2, 0) is 4.79 Å². The van der Waals surface area contributed by atoms with E-state index in [1.807, 2.05) is 6.92 Å². The molecule has 5 heteroatoms. The number of hydrogen-bond acceptors (Lipinski definition) is 4. The number of thioether (sulfide) groups is 1. The fourth-order valence-corrected chi connectivity index (χ4v) is 2.00. The Morgan fingerprint density at radius 3 is 2.27 bits per heavy atom. The molecule has 0 spiro atoms. The number of aliphatic hydroxyl groups is 1. The molecule has 0 radical (unpaired) electrons. The van der Waals surface area contributed by atoms with Crippen LogP contribution >= 0.6 is 11.8 Å². The summed E-state index contributed by atoms with van der Waals surface area (Å²) in [5, 5.41) is 18.6. The SMILES string of the molecule is CCC(C)(O)CSC(C)(C)[C@@H](N)C(=O)O. The van der Waals surface area contributed by atoms with E-state index in [4.69, 9.17) is 10.8 Å². The average molecular weight is 235 g/mol. The molecule has 0 fully saturated rings. The number of nitrogens with two attached hydrogens (primary N) is 1. The first-order valence-corrected chi connectivity index (χ1v) is 5.95. The van der Waals surface area contributed by atoms with Crippen LogP contribution in [0.1, 0.15) is 34.1 Å². The molecule has 0 aliphatic heterocycles. The quantitative estimate of drug-likeness (QED) is 0.641. The maximum atomic E-state index is 10.7. The molecule has 0 heterocycles. The topological polar surface area (TPSA) is 83.5 Å². The lowest BCUT2D eigenvalue weighted by Gasteiger charge is -2.31. The summed E-state index contributed by atoms with van der Waals surface area (Å²) >= 11 is 1.39. The van der Waals surface area contributed by atoms with Crippen molar-refractivity contribution in [3.05, 3.63) is 0 Å². The van der Waals surface area contributed by atoms with Gasteiger partial charge in [0.1, 0.15) is 6.04 Å². The number of carbonyl (C=O) groups is 1. The van der Waals surface area contributed by atoms with Crippen LogP contribution in [0.4, 0.5) is 0 Å². The highest BCUT2D eigenvalue weighted by Crippen LogP contribution is 2.31. The van der Waals surface area contributed by atoms with Gasteiger partial charge in [-0.2, -0.15) is 11.8 Å². The van der Waals surface area contributed by atoms with Crippen molar-refractivity contribution in [1.29, 1.82) is 0 Å². The fourth-order valence-electron chi connectivity index (χ4n) is 0.831. The zero-order chi connectivity index (χ0) is 12.3. The molecule has 90 valence electrons. The van der Waals surface area contributed by atoms with Crippen LogP contribution in [0.15, 0.2) is 0 Å². The molecule has 2 atom stereocenters. The maximum Gasteiger partial charge on any atom is 0.321 e. The highest BCUT2D eigenvalue weighted by molar-refractivity contribution is 8.00. The molecule has 1 unspecified atom stereocenters. The minimum absolute atomic E-state index is 0.484. The third kappa shape index (κ3) is 4.86. The lowest BCUT2D eigenvalue weighted by Crippen LogP contribution is -2.47. The summed E-state index contributed by atoms with van der Waals surface area (Å²) in [5.74, 6) is -0.527. The van der Waals surface area contributed by atoms with Crippen LogP contribution in [0.3, 0.4) is 0 Å². The molecule has 0 aromatic carbocycles. The Balaban J connectivity index is 4.33. The molecule has 0 amide bonds. The van der Waals surface area contributed by atoms with Gasteiger partial charge in [-0.1, -0.05) is 6.92 Å². The molecule has 0 aliphatic rings. The molecular formula is C10H21NO3S. The van der Waals surface area contributed by atoms with Gasteiger partial charge in [-0.05, 0) is 27.2 Å². The van der Waals surface area contributed by atoms with Crippen molar-refractivity contribution < 1.29 is 15.0 Å². The summed E-state index contributed by atoms with van der Waals surface area (Å²) in [7, 11) is 0. The monoisotopic (exact) mass is 235 g/mol. The normalized spacial score (nSPS) is 18.3. The summed E-state index contributed by atoms with van der Waals surface area (Å²) in [5.41, 5.74) is 4.80. The van der Waals surface area contributed by atoms with Gasteiger partial charge < -0.3 is 15.9 Å². The molecule has 0 saturated heterocycles. The number of rotatable bonds is 6. The molecule has 4 nitrogen and oxygen atoms in total. The van der Waals surface area contributed by atoms with Crippen LogP contribution in [0.25, 0.3) is 0 Å². The number of carboxylic acid groups (broad SMARTS) is 1. The molecule has 0 aromatic rings. The van der Waals surface area contributed by atoms with Crippen molar-refractivity contribution in [1.82, 2.24) is 0 Å². The van der Waals surface area contributed by atoms with Crippen LogP contribution in [0, 0.1) is 0 Å². The van der Waals surface area contributed by atoms with Crippen molar-refractivity contribution >= 4 is 17.7 Å². The van der Waals surface area contributed by atoms with E-state index < -0.39 is 22.4 Å². The van der Waals surface area contributed by atoms with E-state index in [1.54, 1.807) is 20.8 Å². The number of hydrogen-bond donors (Lipinski definition) is 3. The van der Waals surface area contributed by atoms with Crippen molar-refractivity contribution in [2.45, 2.75) is 50.5 Å². The van der Waals surface area contributed by atoms with Crippen molar-refractivity contribution in [2.24, 2.45) is 5.73 Å². The van der Waals surface area contributed by atoms with Gasteiger partial charge in [0.15, 0.2) is 0 Å². The summed E-state index contributed by atoms with van der Waals surface area (Å²) in [6.45, 7) is 7.19.